The first kappa shape index (κ1) is 10.8. The number of thioether (sulfide) groups is 1. The van der Waals surface area contributed by atoms with Gasteiger partial charge in [0.25, 0.3) is 0 Å². The molecule has 0 aromatic heterocycles. The summed E-state index contributed by atoms with van der Waals surface area (Å²) >= 11 is 1.41. The van der Waals surface area contributed by atoms with Gasteiger partial charge < -0.3 is 4.74 Å². The topological polar surface area (TPSA) is 26.3 Å². The molecule has 0 fully saturated rings. The number of carbonyl (C=O) groups is 1. The van der Waals surface area contributed by atoms with Crippen LogP contribution in [-0.2, 0) is 9.53 Å². The van der Waals surface area contributed by atoms with Crippen molar-refractivity contribution >= 4 is 17.7 Å². The quantitative estimate of drug-likeness (QED) is 0.459. The van der Waals surface area contributed by atoms with Crippen LogP contribution in [0.3, 0.4) is 0 Å². The third-order valence-electron chi connectivity index (χ3n) is 0.948. The molecule has 0 spiro atoms. The van der Waals surface area contributed by atoms with Crippen molar-refractivity contribution in [2.75, 3.05) is 24.8 Å². The first-order valence-corrected chi connectivity index (χ1v) is 4.76. The van der Waals surface area contributed by atoms with Crippen LogP contribution in [-0.4, -0.2) is 30.8 Å². The zero-order chi connectivity index (χ0) is 8.53. The molecule has 0 amide bonds. The molecule has 4 heteroatoms. The normalized spacial score (nSPS) is 9.64. The van der Waals surface area contributed by atoms with Crippen LogP contribution in [0.1, 0.15) is 13.3 Å². The first-order valence-electron chi connectivity index (χ1n) is 3.60. The molecule has 0 aromatic carbocycles. The fourth-order valence-electron chi connectivity index (χ4n) is 0.515. The summed E-state index contributed by atoms with van der Waals surface area (Å²) < 4.78 is 16.2. The lowest BCUT2D eigenvalue weighted by Gasteiger charge is -1.99. The Morgan fingerprint density at radius 2 is 2.36 bits per heavy atom. The summed E-state index contributed by atoms with van der Waals surface area (Å²) in [6.07, 6.45) is 0.518. The highest BCUT2D eigenvalue weighted by Gasteiger charge is 1.99. The highest BCUT2D eigenvalue weighted by Crippen LogP contribution is 2.02. The standard InChI is InChI=1S/C7H13FO2S/c1-2-10-7(9)6-11-5-3-4-8/h2-6H2,1H3. The average molecular weight is 180 g/mol. The lowest BCUT2D eigenvalue weighted by Crippen LogP contribution is -2.07. The van der Waals surface area contributed by atoms with E-state index in [1.54, 1.807) is 6.92 Å². The molecular weight excluding hydrogens is 167 g/mol. The van der Waals surface area contributed by atoms with E-state index in [-0.39, 0.29) is 12.6 Å². The van der Waals surface area contributed by atoms with E-state index in [9.17, 15) is 9.18 Å². The van der Waals surface area contributed by atoms with Crippen LogP contribution in [0.15, 0.2) is 0 Å². The second-order valence-corrected chi connectivity index (χ2v) is 3.01. The monoisotopic (exact) mass is 180 g/mol. The van der Waals surface area contributed by atoms with E-state index in [0.717, 1.165) is 0 Å². The molecule has 2 nitrogen and oxygen atoms in total. The van der Waals surface area contributed by atoms with Gasteiger partial charge in [-0.25, -0.2) is 0 Å². The van der Waals surface area contributed by atoms with E-state index >= 15 is 0 Å². The molecule has 0 aliphatic rings. The Kier molecular flexibility index (Phi) is 7.67. The Labute approximate surface area is 70.5 Å². The predicted molar refractivity (Wildman–Crippen MR) is 44.6 cm³/mol. The summed E-state index contributed by atoms with van der Waals surface area (Å²) in [4.78, 5) is 10.7. The summed E-state index contributed by atoms with van der Waals surface area (Å²) in [6.45, 7) is 1.88. The van der Waals surface area contributed by atoms with Gasteiger partial charge in [0.15, 0.2) is 0 Å². The number of esters is 1. The SMILES string of the molecule is CCOC(=O)CSCCCF. The highest BCUT2D eigenvalue weighted by atomic mass is 32.2. The van der Waals surface area contributed by atoms with Crippen molar-refractivity contribution in [2.45, 2.75) is 13.3 Å². The van der Waals surface area contributed by atoms with Gasteiger partial charge in [-0.2, -0.15) is 11.8 Å². The Morgan fingerprint density at radius 3 is 2.91 bits per heavy atom. The molecule has 0 radical (unpaired) electrons. The van der Waals surface area contributed by atoms with E-state index in [1.807, 2.05) is 0 Å². The molecule has 0 N–H and O–H groups in total. The third kappa shape index (κ3) is 7.65. The maximum absolute atomic E-state index is 11.5. The predicted octanol–water partition coefficient (Wildman–Crippen LogP) is 1.64. The number of carbonyl (C=O) groups excluding carboxylic acids is 1. The van der Waals surface area contributed by atoms with E-state index in [0.29, 0.717) is 24.5 Å². The van der Waals surface area contributed by atoms with Gasteiger partial charge in [-0.1, -0.05) is 0 Å². The molecule has 0 heterocycles. The molecular formula is C7H13FO2S. The number of rotatable bonds is 6. The van der Waals surface area contributed by atoms with Gasteiger partial charge in [0.05, 0.1) is 19.0 Å². The van der Waals surface area contributed by atoms with Gasteiger partial charge in [-0.05, 0) is 19.1 Å². The second kappa shape index (κ2) is 7.85. The smallest absolute Gasteiger partial charge is 0.315 e. The molecule has 11 heavy (non-hydrogen) atoms. The van der Waals surface area contributed by atoms with E-state index in [2.05, 4.69) is 4.74 Å². The second-order valence-electron chi connectivity index (χ2n) is 1.90. The molecule has 0 saturated heterocycles. The number of ether oxygens (including phenoxy) is 1. The van der Waals surface area contributed by atoms with Crippen molar-refractivity contribution in [1.82, 2.24) is 0 Å². The van der Waals surface area contributed by atoms with Crippen molar-refractivity contribution in [3.05, 3.63) is 0 Å². The maximum Gasteiger partial charge on any atom is 0.315 e. The van der Waals surface area contributed by atoms with Crippen LogP contribution < -0.4 is 0 Å². The zero-order valence-electron chi connectivity index (χ0n) is 6.64. The molecule has 0 unspecified atom stereocenters. The lowest BCUT2D eigenvalue weighted by atomic mass is 10.6. The van der Waals surface area contributed by atoms with Crippen molar-refractivity contribution in [3.63, 3.8) is 0 Å². The van der Waals surface area contributed by atoms with Crippen LogP contribution in [0.2, 0.25) is 0 Å². The summed E-state index contributed by atoms with van der Waals surface area (Å²) in [5, 5.41) is 0. The summed E-state index contributed by atoms with van der Waals surface area (Å²) in [5.74, 6) is 0.819. The molecule has 0 saturated carbocycles. The largest absolute Gasteiger partial charge is 0.465 e. The summed E-state index contributed by atoms with van der Waals surface area (Å²) in [5.41, 5.74) is 0. The summed E-state index contributed by atoms with van der Waals surface area (Å²) in [7, 11) is 0. The van der Waals surface area contributed by atoms with Gasteiger partial charge in [0, 0.05) is 0 Å². The first-order chi connectivity index (χ1) is 5.31. The van der Waals surface area contributed by atoms with E-state index < -0.39 is 0 Å². The van der Waals surface area contributed by atoms with Crippen LogP contribution in [0, 0.1) is 0 Å². The Morgan fingerprint density at radius 1 is 1.64 bits per heavy atom. The minimum atomic E-state index is -0.310. The maximum atomic E-state index is 11.5. The minimum Gasteiger partial charge on any atom is -0.465 e. The fourth-order valence-corrected chi connectivity index (χ4v) is 1.22. The van der Waals surface area contributed by atoms with Gasteiger partial charge in [-0.3, -0.25) is 9.18 Å². The number of halogens is 1. The Bertz CT molecular complexity index is 109. The Balaban J connectivity index is 3.04. The average Bonchev–Trinajstić information content (AvgIpc) is 1.99. The zero-order valence-corrected chi connectivity index (χ0v) is 7.45. The van der Waals surface area contributed by atoms with Gasteiger partial charge in [0.1, 0.15) is 0 Å². The van der Waals surface area contributed by atoms with E-state index in [4.69, 9.17) is 0 Å². The molecule has 0 aromatic rings. The van der Waals surface area contributed by atoms with Crippen LogP contribution >= 0.6 is 11.8 Å². The number of hydrogen-bond donors (Lipinski definition) is 0. The van der Waals surface area contributed by atoms with Gasteiger partial charge in [0.2, 0.25) is 0 Å². The van der Waals surface area contributed by atoms with Crippen molar-refractivity contribution in [2.24, 2.45) is 0 Å². The van der Waals surface area contributed by atoms with Crippen molar-refractivity contribution < 1.29 is 13.9 Å². The highest BCUT2D eigenvalue weighted by molar-refractivity contribution is 7.99. The lowest BCUT2D eigenvalue weighted by molar-refractivity contribution is -0.139. The summed E-state index contributed by atoms with van der Waals surface area (Å²) in [6, 6.07) is 0. The minimum absolute atomic E-state index is 0.212. The van der Waals surface area contributed by atoms with Crippen LogP contribution in [0.5, 0.6) is 0 Å². The molecule has 0 bridgehead atoms. The van der Waals surface area contributed by atoms with Crippen molar-refractivity contribution in [3.8, 4) is 0 Å². The number of alkyl halides is 1. The van der Waals surface area contributed by atoms with E-state index in [1.165, 1.54) is 11.8 Å². The van der Waals surface area contributed by atoms with Gasteiger partial charge in [-0.15, -0.1) is 0 Å². The van der Waals surface area contributed by atoms with Crippen LogP contribution in [0.25, 0.3) is 0 Å². The number of hydrogen-bond acceptors (Lipinski definition) is 3. The molecule has 0 rings (SSSR count). The molecule has 0 aliphatic heterocycles. The Hall–Kier alpha value is -0.250. The molecule has 66 valence electrons. The molecule has 0 aliphatic carbocycles. The van der Waals surface area contributed by atoms with Crippen LogP contribution in [0.4, 0.5) is 4.39 Å². The van der Waals surface area contributed by atoms with Gasteiger partial charge >= 0.3 is 5.97 Å². The molecule has 0 atom stereocenters. The fraction of sp³-hybridized carbons (Fsp3) is 0.857. The van der Waals surface area contributed by atoms with Crippen molar-refractivity contribution in [1.29, 1.82) is 0 Å². The third-order valence-corrected chi connectivity index (χ3v) is 1.96.